The number of para-hydroxylation sites is 1. The fraction of sp³-hybridized carbons (Fsp3) is 0. The highest BCUT2D eigenvalue weighted by Crippen LogP contribution is 2.34. The molecule has 2 aromatic heterocycles. The van der Waals surface area contributed by atoms with Gasteiger partial charge in [-0.1, -0.05) is 78.9 Å². The Hall–Kier alpha value is -3.92. The van der Waals surface area contributed by atoms with Gasteiger partial charge < -0.3 is 5.32 Å². The van der Waals surface area contributed by atoms with Crippen molar-refractivity contribution in [1.82, 2.24) is 14.6 Å². The fourth-order valence-electron chi connectivity index (χ4n) is 3.39. The van der Waals surface area contributed by atoms with Crippen molar-refractivity contribution >= 4 is 17.2 Å². The molecule has 0 radical (unpaired) electrons. The molecule has 0 aliphatic heterocycles. The summed E-state index contributed by atoms with van der Waals surface area (Å²) in [5, 5.41) is 8.37. The molecule has 0 spiro atoms. The van der Waals surface area contributed by atoms with Gasteiger partial charge in [-0.05, 0) is 23.8 Å². The van der Waals surface area contributed by atoms with E-state index in [1.54, 1.807) is 0 Å². The Bertz CT molecular complexity index is 1210. The SMILES string of the molecule is c1ccc(Nc2nn3c(-c4ccccc4)ccnc3c2-c2ccccc2)cc1. The van der Waals surface area contributed by atoms with E-state index in [-0.39, 0.29) is 0 Å². The van der Waals surface area contributed by atoms with Gasteiger partial charge >= 0.3 is 0 Å². The van der Waals surface area contributed by atoms with Crippen molar-refractivity contribution in [1.29, 1.82) is 0 Å². The molecule has 5 rings (SSSR count). The molecule has 5 aromatic rings. The zero-order chi connectivity index (χ0) is 18.8. The Morgan fingerprint density at radius 3 is 1.93 bits per heavy atom. The van der Waals surface area contributed by atoms with Crippen LogP contribution in [0.1, 0.15) is 0 Å². The van der Waals surface area contributed by atoms with Crippen LogP contribution in [-0.2, 0) is 0 Å². The Kier molecular flexibility index (Phi) is 4.07. The Morgan fingerprint density at radius 2 is 1.25 bits per heavy atom. The van der Waals surface area contributed by atoms with E-state index >= 15 is 0 Å². The topological polar surface area (TPSA) is 42.2 Å². The molecule has 0 aliphatic carbocycles. The van der Waals surface area contributed by atoms with Crippen molar-refractivity contribution in [2.24, 2.45) is 0 Å². The number of fused-ring (bicyclic) bond motifs is 1. The first-order chi connectivity index (χ1) is 13.9. The van der Waals surface area contributed by atoms with Crippen LogP contribution in [0.15, 0.2) is 103 Å². The predicted octanol–water partition coefficient (Wildman–Crippen LogP) is 5.81. The normalized spacial score (nSPS) is 10.9. The molecule has 4 nitrogen and oxygen atoms in total. The smallest absolute Gasteiger partial charge is 0.165 e. The van der Waals surface area contributed by atoms with Gasteiger partial charge in [0.1, 0.15) is 0 Å². The third-order valence-electron chi connectivity index (χ3n) is 4.69. The van der Waals surface area contributed by atoms with E-state index in [1.807, 2.05) is 83.5 Å². The van der Waals surface area contributed by atoms with Gasteiger partial charge in [0, 0.05) is 17.4 Å². The number of benzene rings is 3. The summed E-state index contributed by atoms with van der Waals surface area (Å²) in [6.07, 6.45) is 1.85. The summed E-state index contributed by atoms with van der Waals surface area (Å²) in [4.78, 5) is 4.67. The number of aromatic nitrogens is 3. The van der Waals surface area contributed by atoms with Crippen molar-refractivity contribution < 1.29 is 0 Å². The lowest BCUT2D eigenvalue weighted by Gasteiger charge is -2.06. The van der Waals surface area contributed by atoms with E-state index in [0.717, 1.165) is 39.5 Å². The van der Waals surface area contributed by atoms with E-state index in [4.69, 9.17) is 5.10 Å². The molecule has 0 saturated carbocycles. The van der Waals surface area contributed by atoms with Crippen molar-refractivity contribution in [2.45, 2.75) is 0 Å². The summed E-state index contributed by atoms with van der Waals surface area (Å²) in [6.45, 7) is 0. The van der Waals surface area contributed by atoms with Crippen molar-refractivity contribution in [3.05, 3.63) is 103 Å². The maximum Gasteiger partial charge on any atom is 0.165 e. The number of hydrogen-bond donors (Lipinski definition) is 1. The number of anilines is 2. The first-order valence-corrected chi connectivity index (χ1v) is 9.21. The van der Waals surface area contributed by atoms with Crippen molar-refractivity contribution in [3.63, 3.8) is 0 Å². The molecular weight excluding hydrogens is 344 g/mol. The van der Waals surface area contributed by atoms with E-state index in [0.29, 0.717) is 0 Å². The summed E-state index contributed by atoms with van der Waals surface area (Å²) < 4.78 is 1.92. The lowest BCUT2D eigenvalue weighted by molar-refractivity contribution is 0.951. The van der Waals surface area contributed by atoms with Crippen LogP contribution in [0.25, 0.3) is 28.0 Å². The van der Waals surface area contributed by atoms with Gasteiger partial charge in [-0.15, -0.1) is 5.10 Å². The zero-order valence-electron chi connectivity index (χ0n) is 15.2. The Morgan fingerprint density at radius 1 is 0.643 bits per heavy atom. The molecule has 0 saturated heterocycles. The van der Waals surface area contributed by atoms with Gasteiger partial charge in [0.2, 0.25) is 0 Å². The molecular formula is C24H18N4. The fourth-order valence-corrected chi connectivity index (χ4v) is 3.39. The van der Waals surface area contributed by atoms with Gasteiger partial charge in [-0.25, -0.2) is 9.50 Å². The largest absolute Gasteiger partial charge is 0.338 e. The lowest BCUT2D eigenvalue weighted by atomic mass is 10.1. The third-order valence-corrected chi connectivity index (χ3v) is 4.69. The minimum absolute atomic E-state index is 0.785. The van der Waals surface area contributed by atoms with E-state index in [2.05, 4.69) is 34.6 Å². The van der Waals surface area contributed by atoms with Gasteiger partial charge in [0.05, 0.1) is 11.3 Å². The van der Waals surface area contributed by atoms with Crippen LogP contribution in [0.2, 0.25) is 0 Å². The van der Waals surface area contributed by atoms with Crippen LogP contribution in [0.3, 0.4) is 0 Å². The molecule has 0 aliphatic rings. The monoisotopic (exact) mass is 362 g/mol. The number of nitrogens with one attached hydrogen (secondary N) is 1. The molecule has 0 unspecified atom stereocenters. The van der Waals surface area contributed by atoms with Crippen LogP contribution in [0.4, 0.5) is 11.5 Å². The van der Waals surface area contributed by atoms with E-state index < -0.39 is 0 Å². The first kappa shape index (κ1) is 16.3. The molecule has 0 bridgehead atoms. The predicted molar refractivity (Wildman–Crippen MR) is 114 cm³/mol. The second-order valence-corrected chi connectivity index (χ2v) is 6.51. The summed E-state index contributed by atoms with van der Waals surface area (Å²) in [5.41, 5.74) is 5.98. The third kappa shape index (κ3) is 2.91. The minimum Gasteiger partial charge on any atom is -0.338 e. The summed E-state index contributed by atoms with van der Waals surface area (Å²) in [6, 6.07) is 32.6. The quantitative estimate of drug-likeness (QED) is 0.439. The molecule has 3 aromatic carbocycles. The second-order valence-electron chi connectivity index (χ2n) is 6.51. The van der Waals surface area contributed by atoms with Crippen LogP contribution in [0, 0.1) is 0 Å². The van der Waals surface area contributed by atoms with Crippen LogP contribution < -0.4 is 5.32 Å². The van der Waals surface area contributed by atoms with Crippen molar-refractivity contribution in [2.75, 3.05) is 5.32 Å². The van der Waals surface area contributed by atoms with Gasteiger partial charge in [0.15, 0.2) is 11.5 Å². The lowest BCUT2D eigenvalue weighted by Crippen LogP contribution is -1.96. The van der Waals surface area contributed by atoms with Crippen LogP contribution in [0.5, 0.6) is 0 Å². The molecule has 0 amide bonds. The molecule has 0 fully saturated rings. The second kappa shape index (κ2) is 7.00. The Labute approximate surface area is 163 Å². The van der Waals surface area contributed by atoms with E-state index in [9.17, 15) is 0 Å². The molecule has 1 N–H and O–H groups in total. The molecule has 4 heteroatoms. The van der Waals surface area contributed by atoms with E-state index in [1.165, 1.54) is 0 Å². The number of rotatable bonds is 4. The minimum atomic E-state index is 0.785. The molecule has 2 heterocycles. The average Bonchev–Trinajstić information content (AvgIpc) is 3.13. The first-order valence-electron chi connectivity index (χ1n) is 9.21. The van der Waals surface area contributed by atoms with Gasteiger partial charge in [0.25, 0.3) is 0 Å². The van der Waals surface area contributed by atoms with Gasteiger partial charge in [-0.2, -0.15) is 0 Å². The molecule has 0 atom stereocenters. The zero-order valence-corrected chi connectivity index (χ0v) is 15.2. The highest BCUT2D eigenvalue weighted by molar-refractivity contribution is 5.90. The van der Waals surface area contributed by atoms with Crippen LogP contribution in [-0.4, -0.2) is 14.6 Å². The average molecular weight is 362 g/mol. The number of nitrogens with zero attached hydrogens (tertiary/aromatic N) is 3. The van der Waals surface area contributed by atoms with Crippen LogP contribution >= 0.6 is 0 Å². The maximum atomic E-state index is 4.90. The summed E-state index contributed by atoms with van der Waals surface area (Å²) in [5.74, 6) is 0.785. The molecule has 28 heavy (non-hydrogen) atoms. The summed E-state index contributed by atoms with van der Waals surface area (Å²) in [7, 11) is 0. The highest BCUT2D eigenvalue weighted by atomic mass is 15.3. The Balaban J connectivity index is 1.76. The van der Waals surface area contributed by atoms with Crippen molar-refractivity contribution in [3.8, 4) is 22.4 Å². The standard InChI is InChI=1S/C24H18N4/c1-4-10-18(11-5-1)21-16-17-25-24-22(19-12-6-2-7-13-19)23(27-28(21)24)26-20-14-8-3-9-15-20/h1-17H,(H,26,27). The highest BCUT2D eigenvalue weighted by Gasteiger charge is 2.18. The van der Waals surface area contributed by atoms with Gasteiger partial charge in [-0.3, -0.25) is 0 Å². The number of hydrogen-bond acceptors (Lipinski definition) is 3. The molecule has 134 valence electrons. The maximum absolute atomic E-state index is 4.90. The summed E-state index contributed by atoms with van der Waals surface area (Å²) >= 11 is 0.